The first kappa shape index (κ1) is 61.1. The number of hydrogen-bond acceptors (Lipinski definition) is 6. The highest BCUT2D eigenvalue weighted by molar-refractivity contribution is 5.71. The summed E-state index contributed by atoms with van der Waals surface area (Å²) in [5.41, 5.74) is 0. The summed E-state index contributed by atoms with van der Waals surface area (Å²) in [6, 6.07) is 0. The summed E-state index contributed by atoms with van der Waals surface area (Å²) < 4.78 is 16.7. The van der Waals surface area contributed by atoms with E-state index in [4.69, 9.17) is 14.2 Å². The molecule has 0 aromatic heterocycles. The van der Waals surface area contributed by atoms with Crippen LogP contribution in [0.2, 0.25) is 0 Å². The van der Waals surface area contributed by atoms with Gasteiger partial charge in [0, 0.05) is 19.3 Å². The maximum Gasteiger partial charge on any atom is 0.306 e. The van der Waals surface area contributed by atoms with Gasteiger partial charge in [-0.25, -0.2) is 0 Å². The normalized spacial score (nSPS) is 13.0. The van der Waals surface area contributed by atoms with Crippen LogP contribution in [-0.2, 0) is 28.6 Å². The molecular formula is C59H96O6. The molecule has 0 fully saturated rings. The van der Waals surface area contributed by atoms with E-state index in [0.29, 0.717) is 19.3 Å². The number of rotatable bonds is 46. The Labute approximate surface area is 400 Å². The second-order valence-electron chi connectivity index (χ2n) is 17.3. The van der Waals surface area contributed by atoms with Crippen LogP contribution in [0.5, 0.6) is 0 Å². The zero-order valence-electron chi connectivity index (χ0n) is 42.0. The van der Waals surface area contributed by atoms with Crippen molar-refractivity contribution in [2.75, 3.05) is 13.2 Å². The van der Waals surface area contributed by atoms with Crippen molar-refractivity contribution in [1.29, 1.82) is 0 Å². The van der Waals surface area contributed by atoms with E-state index in [1.807, 2.05) is 72.9 Å². The first-order chi connectivity index (χ1) is 32.0. The van der Waals surface area contributed by atoms with Gasteiger partial charge in [-0.15, -0.1) is 0 Å². The van der Waals surface area contributed by atoms with Crippen molar-refractivity contribution in [1.82, 2.24) is 0 Å². The van der Waals surface area contributed by atoms with E-state index in [2.05, 4.69) is 57.2 Å². The van der Waals surface area contributed by atoms with Crippen LogP contribution in [0.4, 0.5) is 0 Å². The third-order valence-corrected chi connectivity index (χ3v) is 11.0. The van der Waals surface area contributed by atoms with Gasteiger partial charge in [-0.1, -0.05) is 252 Å². The fourth-order valence-electron chi connectivity index (χ4n) is 7.00. The van der Waals surface area contributed by atoms with Gasteiger partial charge in [-0.2, -0.15) is 0 Å². The smallest absolute Gasteiger partial charge is 0.306 e. The van der Waals surface area contributed by atoms with E-state index in [1.54, 1.807) is 0 Å². The Bertz CT molecular complexity index is 1360. The molecule has 0 N–H and O–H groups in total. The minimum atomic E-state index is -0.798. The van der Waals surface area contributed by atoms with Gasteiger partial charge in [0.2, 0.25) is 0 Å². The summed E-state index contributed by atoms with van der Waals surface area (Å²) in [7, 11) is 0. The standard InChI is InChI=1S/C59H96O6/c1-4-7-10-13-16-19-21-23-25-27-29-31-33-35-37-40-43-46-49-52-58(61)64-55-56(54-63-57(60)51-48-45-42-39-18-15-12-9-6-3)65-59(62)53-50-47-44-41-38-36-34-32-30-28-26-24-22-20-17-14-11-8-5-2/h7,10,13,16-17,19-25,27,29,31,33,35,37,56H,4-6,8-9,11-12,14-15,18,26,28,30,32,34,36,38-55H2,1-3H3/b10-7-,16-13-,20-17-,21-19-,24-22-,25-23-,29-27+,33-31-,37-35-. The van der Waals surface area contributed by atoms with E-state index in [1.165, 1.54) is 116 Å². The van der Waals surface area contributed by atoms with Gasteiger partial charge in [0.1, 0.15) is 13.2 Å². The number of ether oxygens (including phenoxy) is 3. The van der Waals surface area contributed by atoms with Crippen LogP contribution in [0.25, 0.3) is 0 Å². The number of unbranched alkanes of at least 4 members (excludes halogenated alkanes) is 24. The van der Waals surface area contributed by atoms with E-state index < -0.39 is 6.10 Å². The van der Waals surface area contributed by atoms with Crippen molar-refractivity contribution in [3.63, 3.8) is 0 Å². The third kappa shape index (κ3) is 50.9. The lowest BCUT2D eigenvalue weighted by atomic mass is 10.1. The number of carbonyl (C=O) groups is 3. The van der Waals surface area contributed by atoms with E-state index in [-0.39, 0.29) is 31.1 Å². The summed E-state index contributed by atoms with van der Waals surface area (Å²) in [5, 5.41) is 0. The maximum atomic E-state index is 12.8. The molecule has 368 valence electrons. The molecular weight excluding hydrogens is 805 g/mol. The van der Waals surface area contributed by atoms with Crippen LogP contribution in [0.3, 0.4) is 0 Å². The molecule has 0 spiro atoms. The summed E-state index contributed by atoms with van der Waals surface area (Å²) in [6.07, 6.45) is 70.7. The van der Waals surface area contributed by atoms with Crippen molar-refractivity contribution < 1.29 is 28.6 Å². The highest BCUT2D eigenvalue weighted by Crippen LogP contribution is 2.15. The first-order valence-corrected chi connectivity index (χ1v) is 26.5. The molecule has 0 amide bonds. The van der Waals surface area contributed by atoms with Gasteiger partial charge in [0.15, 0.2) is 6.10 Å². The van der Waals surface area contributed by atoms with E-state index >= 15 is 0 Å². The molecule has 0 bridgehead atoms. The molecule has 0 aliphatic rings. The molecule has 0 rings (SSSR count). The van der Waals surface area contributed by atoms with E-state index in [9.17, 15) is 14.4 Å². The molecule has 1 unspecified atom stereocenters. The minimum absolute atomic E-state index is 0.0949. The van der Waals surface area contributed by atoms with E-state index in [0.717, 1.165) is 70.6 Å². The quantitative estimate of drug-likeness (QED) is 0.0262. The largest absolute Gasteiger partial charge is 0.462 e. The second-order valence-corrected chi connectivity index (χ2v) is 17.3. The Kier molecular flexibility index (Phi) is 49.5. The Hall–Kier alpha value is -3.93. The lowest BCUT2D eigenvalue weighted by Crippen LogP contribution is -2.30. The molecule has 6 heteroatoms. The fraction of sp³-hybridized carbons (Fsp3) is 0.644. The molecule has 6 nitrogen and oxygen atoms in total. The fourth-order valence-corrected chi connectivity index (χ4v) is 7.00. The molecule has 0 radical (unpaired) electrons. The monoisotopic (exact) mass is 901 g/mol. The molecule has 0 saturated heterocycles. The first-order valence-electron chi connectivity index (χ1n) is 26.5. The van der Waals surface area contributed by atoms with Crippen LogP contribution in [0.15, 0.2) is 109 Å². The number of allylic oxidation sites excluding steroid dienone is 18. The highest BCUT2D eigenvalue weighted by Gasteiger charge is 2.19. The summed E-state index contributed by atoms with van der Waals surface area (Å²) >= 11 is 0. The van der Waals surface area contributed by atoms with Gasteiger partial charge in [0.05, 0.1) is 0 Å². The summed E-state index contributed by atoms with van der Waals surface area (Å²) in [5.74, 6) is -0.951. The minimum Gasteiger partial charge on any atom is -0.462 e. The SMILES string of the molecule is CC\C=C/C=C\C=C/C=C\C=C\C=C/C=C\CCCCCC(=O)OCC(COC(=O)CCCCCCCCCCC)OC(=O)CCCCCCCCCCCC/C=C\C=C/CCCCC. The zero-order valence-corrected chi connectivity index (χ0v) is 42.0. The molecule has 0 aromatic carbocycles. The predicted octanol–water partition coefficient (Wildman–Crippen LogP) is 17.5. The molecule has 65 heavy (non-hydrogen) atoms. The Morgan fingerprint density at radius 3 is 1.00 bits per heavy atom. The lowest BCUT2D eigenvalue weighted by molar-refractivity contribution is -0.167. The molecule has 0 aliphatic carbocycles. The third-order valence-electron chi connectivity index (χ3n) is 11.0. The maximum absolute atomic E-state index is 12.8. The molecule has 0 aliphatic heterocycles. The van der Waals surface area contributed by atoms with Crippen LogP contribution >= 0.6 is 0 Å². The molecule has 0 aromatic rings. The average molecular weight is 901 g/mol. The number of hydrogen-bond donors (Lipinski definition) is 0. The van der Waals surface area contributed by atoms with Crippen molar-refractivity contribution in [2.45, 2.75) is 232 Å². The van der Waals surface area contributed by atoms with Crippen molar-refractivity contribution in [3.05, 3.63) is 109 Å². The van der Waals surface area contributed by atoms with Crippen LogP contribution < -0.4 is 0 Å². The van der Waals surface area contributed by atoms with Gasteiger partial charge in [-0.3, -0.25) is 14.4 Å². The number of carbonyl (C=O) groups excluding carboxylic acids is 3. The Balaban J connectivity index is 4.43. The van der Waals surface area contributed by atoms with Crippen molar-refractivity contribution in [3.8, 4) is 0 Å². The second kappa shape index (κ2) is 52.7. The predicted molar refractivity (Wildman–Crippen MR) is 279 cm³/mol. The van der Waals surface area contributed by atoms with Crippen molar-refractivity contribution >= 4 is 17.9 Å². The molecule has 0 heterocycles. The summed E-state index contributed by atoms with van der Waals surface area (Å²) in [6.45, 7) is 6.40. The highest BCUT2D eigenvalue weighted by atomic mass is 16.6. The Morgan fingerprint density at radius 1 is 0.323 bits per heavy atom. The average Bonchev–Trinajstić information content (AvgIpc) is 3.30. The van der Waals surface area contributed by atoms with Crippen LogP contribution in [-0.4, -0.2) is 37.2 Å². The topological polar surface area (TPSA) is 78.9 Å². The van der Waals surface area contributed by atoms with Crippen LogP contribution in [0.1, 0.15) is 226 Å². The summed E-state index contributed by atoms with van der Waals surface area (Å²) in [4.78, 5) is 37.9. The lowest BCUT2D eigenvalue weighted by Gasteiger charge is -2.18. The zero-order chi connectivity index (χ0) is 47.2. The molecule has 1 atom stereocenters. The van der Waals surface area contributed by atoms with Gasteiger partial charge >= 0.3 is 17.9 Å². The van der Waals surface area contributed by atoms with Crippen LogP contribution in [0, 0.1) is 0 Å². The van der Waals surface area contributed by atoms with Gasteiger partial charge in [0.25, 0.3) is 0 Å². The van der Waals surface area contributed by atoms with Gasteiger partial charge < -0.3 is 14.2 Å². The number of esters is 3. The Morgan fingerprint density at radius 2 is 0.600 bits per heavy atom. The van der Waals surface area contributed by atoms with Gasteiger partial charge in [-0.05, 0) is 64.2 Å². The van der Waals surface area contributed by atoms with Crippen molar-refractivity contribution in [2.24, 2.45) is 0 Å². The molecule has 0 saturated carbocycles.